The van der Waals surface area contributed by atoms with Crippen LogP contribution in [0.4, 0.5) is 11.4 Å². The Morgan fingerprint density at radius 3 is 2.52 bits per heavy atom. The first-order valence-corrected chi connectivity index (χ1v) is 10.7. The topological polar surface area (TPSA) is 75.7 Å². The Bertz CT molecular complexity index is 965. The van der Waals surface area contributed by atoms with Gasteiger partial charge in [0, 0.05) is 24.3 Å². The lowest BCUT2D eigenvalue weighted by Crippen LogP contribution is -2.29. The van der Waals surface area contributed by atoms with Gasteiger partial charge in [0.1, 0.15) is 0 Å². The lowest BCUT2D eigenvalue weighted by atomic mass is 9.96. The average Bonchev–Trinajstić information content (AvgIpc) is 3.12. The van der Waals surface area contributed by atoms with Crippen LogP contribution in [-0.4, -0.2) is 30.9 Å². The second-order valence-corrected chi connectivity index (χ2v) is 8.31. The number of hydrogen-bond donors (Lipinski definition) is 1. The second kappa shape index (κ2) is 9.77. The van der Waals surface area contributed by atoms with Gasteiger partial charge in [-0.1, -0.05) is 38.1 Å². The van der Waals surface area contributed by atoms with Crippen LogP contribution in [0.15, 0.2) is 42.5 Å². The monoisotopic (exact) mass is 422 g/mol. The summed E-state index contributed by atoms with van der Waals surface area (Å²) >= 11 is 0. The fourth-order valence-corrected chi connectivity index (χ4v) is 3.97. The minimum absolute atomic E-state index is 0.0897. The van der Waals surface area contributed by atoms with E-state index < -0.39 is 17.8 Å². The Labute approximate surface area is 183 Å². The molecule has 0 saturated carbocycles. The maximum absolute atomic E-state index is 12.6. The summed E-state index contributed by atoms with van der Waals surface area (Å²) in [6.45, 7) is 8.02. The number of hydrogen-bond acceptors (Lipinski definition) is 4. The van der Waals surface area contributed by atoms with Crippen LogP contribution in [0.1, 0.15) is 49.3 Å². The summed E-state index contributed by atoms with van der Waals surface area (Å²) in [7, 11) is 0. The van der Waals surface area contributed by atoms with Crippen molar-refractivity contribution in [2.75, 3.05) is 23.4 Å². The molecule has 1 aliphatic rings. The second-order valence-electron chi connectivity index (χ2n) is 8.31. The summed E-state index contributed by atoms with van der Waals surface area (Å²) in [5.41, 5.74) is 4.69. The molecule has 6 heteroatoms. The molecule has 0 aliphatic carbocycles. The van der Waals surface area contributed by atoms with Gasteiger partial charge in [0.25, 0.3) is 5.91 Å². The van der Waals surface area contributed by atoms with Gasteiger partial charge in [-0.2, -0.15) is 0 Å². The van der Waals surface area contributed by atoms with Gasteiger partial charge in [-0.15, -0.1) is 0 Å². The molecule has 1 fully saturated rings. The molecule has 6 nitrogen and oxygen atoms in total. The quantitative estimate of drug-likeness (QED) is 0.673. The van der Waals surface area contributed by atoms with Crippen molar-refractivity contribution in [1.82, 2.24) is 0 Å². The van der Waals surface area contributed by atoms with Gasteiger partial charge in [-0.25, -0.2) is 0 Å². The molecule has 0 aromatic heterocycles. The number of benzene rings is 2. The van der Waals surface area contributed by atoms with E-state index in [1.54, 1.807) is 4.90 Å². The summed E-state index contributed by atoms with van der Waals surface area (Å²) in [6.07, 6.45) is 1.05. The number of anilines is 2. The molecular weight excluding hydrogens is 392 g/mol. The number of para-hydroxylation sites is 1. The Hall–Kier alpha value is -3.15. The summed E-state index contributed by atoms with van der Waals surface area (Å²) < 4.78 is 5.22. The van der Waals surface area contributed by atoms with E-state index in [2.05, 4.69) is 19.2 Å². The van der Waals surface area contributed by atoms with E-state index in [9.17, 15) is 14.4 Å². The largest absolute Gasteiger partial charge is 0.455 e. The predicted molar refractivity (Wildman–Crippen MR) is 121 cm³/mol. The van der Waals surface area contributed by atoms with Crippen LogP contribution < -0.4 is 10.2 Å². The molecule has 2 aromatic carbocycles. The van der Waals surface area contributed by atoms with Crippen molar-refractivity contribution in [3.63, 3.8) is 0 Å². The van der Waals surface area contributed by atoms with E-state index in [4.69, 9.17) is 4.74 Å². The van der Waals surface area contributed by atoms with E-state index in [1.807, 2.05) is 56.3 Å². The number of aryl methyl sites for hydroxylation is 2. The number of nitrogens with one attached hydrogen (secondary N) is 1. The van der Waals surface area contributed by atoms with Crippen molar-refractivity contribution in [1.29, 1.82) is 0 Å². The number of carbonyl (C=O) groups is 3. The van der Waals surface area contributed by atoms with Gasteiger partial charge in [-0.3, -0.25) is 14.4 Å². The molecule has 31 heavy (non-hydrogen) atoms. The highest BCUT2D eigenvalue weighted by atomic mass is 16.5. The number of esters is 1. The zero-order valence-corrected chi connectivity index (χ0v) is 18.6. The van der Waals surface area contributed by atoms with Crippen LogP contribution in [0.5, 0.6) is 0 Å². The molecule has 3 rings (SSSR count). The molecule has 2 amide bonds. The Kier molecular flexibility index (Phi) is 7.10. The third-order valence-electron chi connectivity index (χ3n) is 5.68. The van der Waals surface area contributed by atoms with E-state index in [1.165, 1.54) is 0 Å². The molecule has 2 atom stereocenters. The number of ether oxygens (including phenoxy) is 1. The van der Waals surface area contributed by atoms with E-state index in [0.29, 0.717) is 11.6 Å². The summed E-state index contributed by atoms with van der Waals surface area (Å²) in [5.74, 6) is -1.29. The predicted octanol–water partition coefficient (Wildman–Crippen LogP) is 4.35. The van der Waals surface area contributed by atoms with Crippen molar-refractivity contribution in [2.45, 2.75) is 46.5 Å². The SMILES string of the molecule is CC[C@@H](C)c1ccccc1N1C[C@@H](C(=O)OCC(=O)Nc2cc(C)cc(C)c2)CC1=O. The van der Waals surface area contributed by atoms with E-state index in [-0.39, 0.29) is 25.5 Å². The van der Waals surface area contributed by atoms with Crippen molar-refractivity contribution in [3.8, 4) is 0 Å². The van der Waals surface area contributed by atoms with Crippen LogP contribution in [0.3, 0.4) is 0 Å². The molecule has 0 bridgehead atoms. The zero-order valence-electron chi connectivity index (χ0n) is 18.6. The summed E-state index contributed by atoms with van der Waals surface area (Å²) in [5, 5.41) is 2.75. The van der Waals surface area contributed by atoms with Gasteiger partial charge < -0.3 is 15.0 Å². The molecule has 1 heterocycles. The van der Waals surface area contributed by atoms with E-state index >= 15 is 0 Å². The first-order chi connectivity index (χ1) is 14.8. The van der Waals surface area contributed by atoms with Crippen molar-refractivity contribution >= 4 is 29.2 Å². The van der Waals surface area contributed by atoms with Crippen LogP contribution in [0.2, 0.25) is 0 Å². The lowest BCUT2D eigenvalue weighted by Gasteiger charge is -2.23. The van der Waals surface area contributed by atoms with Gasteiger partial charge in [-0.05, 0) is 61.1 Å². The molecule has 164 valence electrons. The lowest BCUT2D eigenvalue weighted by molar-refractivity contribution is -0.151. The number of nitrogens with zero attached hydrogens (tertiary/aromatic N) is 1. The van der Waals surface area contributed by atoms with Gasteiger partial charge in [0.15, 0.2) is 6.61 Å². The molecular formula is C25H30N2O4. The maximum atomic E-state index is 12.6. The van der Waals surface area contributed by atoms with Crippen molar-refractivity contribution < 1.29 is 19.1 Å². The third-order valence-corrected chi connectivity index (χ3v) is 5.68. The average molecular weight is 423 g/mol. The normalized spacial score (nSPS) is 16.8. The summed E-state index contributed by atoms with van der Waals surface area (Å²) in [6, 6.07) is 13.5. The first-order valence-electron chi connectivity index (χ1n) is 10.7. The smallest absolute Gasteiger partial charge is 0.311 e. The standard InChI is InChI=1S/C25H30N2O4/c1-5-18(4)21-8-6-7-9-22(21)27-14-19(13-24(27)29)25(30)31-15-23(28)26-20-11-16(2)10-17(3)12-20/h6-12,18-19H,5,13-15H2,1-4H3,(H,26,28)/t18-,19+/m1/s1. The Balaban J connectivity index is 1.59. The molecule has 0 unspecified atom stereocenters. The Morgan fingerprint density at radius 2 is 1.84 bits per heavy atom. The Morgan fingerprint density at radius 1 is 1.16 bits per heavy atom. The molecule has 0 spiro atoms. The van der Waals surface area contributed by atoms with Gasteiger partial charge in [0.2, 0.25) is 5.91 Å². The molecule has 0 radical (unpaired) electrons. The molecule has 2 aromatic rings. The first kappa shape index (κ1) is 22.5. The van der Waals surface area contributed by atoms with E-state index in [0.717, 1.165) is 28.8 Å². The minimum atomic E-state index is -0.577. The fourth-order valence-electron chi connectivity index (χ4n) is 3.97. The maximum Gasteiger partial charge on any atom is 0.311 e. The fraction of sp³-hybridized carbons (Fsp3) is 0.400. The molecule has 1 aliphatic heterocycles. The number of carbonyl (C=O) groups excluding carboxylic acids is 3. The number of rotatable bonds is 7. The third kappa shape index (κ3) is 5.51. The van der Waals surface area contributed by atoms with Crippen LogP contribution in [-0.2, 0) is 19.1 Å². The van der Waals surface area contributed by atoms with Gasteiger partial charge >= 0.3 is 5.97 Å². The summed E-state index contributed by atoms with van der Waals surface area (Å²) in [4.78, 5) is 39.0. The molecule has 1 N–H and O–H groups in total. The highest BCUT2D eigenvalue weighted by Crippen LogP contribution is 2.33. The highest BCUT2D eigenvalue weighted by molar-refractivity contribution is 6.00. The van der Waals surface area contributed by atoms with Crippen LogP contribution in [0.25, 0.3) is 0 Å². The minimum Gasteiger partial charge on any atom is -0.455 e. The zero-order chi connectivity index (χ0) is 22.5. The number of amides is 2. The van der Waals surface area contributed by atoms with Gasteiger partial charge in [0.05, 0.1) is 5.92 Å². The van der Waals surface area contributed by atoms with Crippen molar-refractivity contribution in [2.24, 2.45) is 5.92 Å². The van der Waals surface area contributed by atoms with Crippen LogP contribution >= 0.6 is 0 Å². The van der Waals surface area contributed by atoms with Crippen molar-refractivity contribution in [3.05, 3.63) is 59.2 Å². The van der Waals surface area contributed by atoms with Crippen LogP contribution in [0, 0.1) is 19.8 Å². The highest BCUT2D eigenvalue weighted by Gasteiger charge is 2.37. The molecule has 1 saturated heterocycles.